The van der Waals surface area contributed by atoms with Crippen molar-refractivity contribution in [3.63, 3.8) is 0 Å². The van der Waals surface area contributed by atoms with Crippen molar-refractivity contribution in [2.45, 2.75) is 6.92 Å². The summed E-state index contributed by atoms with van der Waals surface area (Å²) in [5, 5.41) is 8.50. The van der Waals surface area contributed by atoms with E-state index in [2.05, 4.69) is 0 Å². The molecule has 0 fully saturated rings. The number of nitrogens with zero attached hydrogens (tertiary/aromatic N) is 1. The van der Waals surface area contributed by atoms with Gasteiger partial charge in [-0.05, 0) is 6.92 Å². The van der Waals surface area contributed by atoms with Crippen LogP contribution < -0.4 is 4.90 Å². The summed E-state index contributed by atoms with van der Waals surface area (Å²) in [5.74, 6) is -12.0. The number of carbonyl (C=O) groups is 1. The molecule has 8 heteroatoms. The molecule has 0 bridgehead atoms. The second kappa shape index (κ2) is 5.19. The van der Waals surface area contributed by atoms with E-state index in [0.29, 0.717) is 4.90 Å². The van der Waals surface area contributed by atoms with Crippen molar-refractivity contribution < 1.29 is 31.9 Å². The third-order valence-corrected chi connectivity index (χ3v) is 2.21. The summed E-state index contributed by atoms with van der Waals surface area (Å²) >= 11 is 0. The van der Waals surface area contributed by atoms with E-state index < -0.39 is 47.3 Å². The molecule has 0 saturated carbocycles. The molecular weight excluding hydrogens is 261 g/mol. The van der Waals surface area contributed by atoms with E-state index in [1.807, 2.05) is 0 Å². The summed E-state index contributed by atoms with van der Waals surface area (Å²) in [5.41, 5.74) is -1.24. The van der Waals surface area contributed by atoms with E-state index in [1.54, 1.807) is 0 Å². The molecule has 0 spiro atoms. The van der Waals surface area contributed by atoms with Crippen molar-refractivity contribution >= 4 is 11.7 Å². The monoisotopic (exact) mass is 269 g/mol. The van der Waals surface area contributed by atoms with Crippen LogP contribution in [0.25, 0.3) is 0 Å². The number of likely N-dealkylation sites (N-methyl/N-ethyl adjacent to an activating group) is 1. The quantitative estimate of drug-likeness (QED) is 0.518. The Bertz CT molecular complexity index is 463. The number of aliphatic carboxylic acids is 1. The summed E-state index contributed by atoms with van der Waals surface area (Å²) in [6.45, 7) is 0.209. The molecule has 0 unspecified atom stereocenters. The normalized spacial score (nSPS) is 10.6. The molecule has 0 aliphatic rings. The van der Waals surface area contributed by atoms with Crippen molar-refractivity contribution in [1.29, 1.82) is 0 Å². The number of hydrogen-bond donors (Lipinski definition) is 1. The molecule has 0 atom stereocenters. The van der Waals surface area contributed by atoms with Gasteiger partial charge in [0.05, 0.1) is 0 Å². The molecule has 0 radical (unpaired) electrons. The number of rotatable bonds is 4. The van der Waals surface area contributed by atoms with Gasteiger partial charge < -0.3 is 10.0 Å². The van der Waals surface area contributed by atoms with Gasteiger partial charge in [-0.25, -0.2) is 22.0 Å². The van der Waals surface area contributed by atoms with Crippen LogP contribution in [0.3, 0.4) is 0 Å². The van der Waals surface area contributed by atoms with Crippen LogP contribution in [0, 0.1) is 29.1 Å². The number of hydrogen-bond acceptors (Lipinski definition) is 2. The summed E-state index contributed by atoms with van der Waals surface area (Å²) in [6.07, 6.45) is 0. The maximum Gasteiger partial charge on any atom is 0.323 e. The van der Waals surface area contributed by atoms with Gasteiger partial charge in [-0.2, -0.15) is 0 Å². The molecule has 0 aliphatic carbocycles. The van der Waals surface area contributed by atoms with Crippen LogP contribution in [0.1, 0.15) is 6.92 Å². The number of carboxylic acid groups (broad SMARTS) is 1. The molecule has 0 amide bonds. The highest BCUT2D eigenvalue weighted by Gasteiger charge is 2.29. The minimum absolute atomic E-state index is 0.231. The average molecular weight is 269 g/mol. The molecule has 0 heterocycles. The lowest BCUT2D eigenvalue weighted by Gasteiger charge is -2.22. The second-order valence-electron chi connectivity index (χ2n) is 3.33. The first-order valence-electron chi connectivity index (χ1n) is 4.79. The third kappa shape index (κ3) is 2.36. The fourth-order valence-electron chi connectivity index (χ4n) is 1.38. The Morgan fingerprint density at radius 1 is 1.00 bits per heavy atom. The van der Waals surface area contributed by atoms with Gasteiger partial charge in [0.15, 0.2) is 23.3 Å². The molecule has 1 aromatic rings. The lowest BCUT2D eigenvalue weighted by molar-refractivity contribution is -0.135. The van der Waals surface area contributed by atoms with Crippen molar-refractivity contribution in [2.75, 3.05) is 18.0 Å². The molecule has 1 aromatic carbocycles. The molecule has 100 valence electrons. The largest absolute Gasteiger partial charge is 0.480 e. The molecule has 0 aliphatic heterocycles. The van der Waals surface area contributed by atoms with Gasteiger partial charge in [0.1, 0.15) is 12.2 Å². The lowest BCUT2D eigenvalue weighted by Crippen LogP contribution is -2.31. The first-order valence-corrected chi connectivity index (χ1v) is 4.79. The van der Waals surface area contributed by atoms with Crippen molar-refractivity contribution in [3.8, 4) is 0 Å². The Hall–Kier alpha value is -1.86. The molecule has 3 nitrogen and oxygen atoms in total. The number of anilines is 1. The smallest absolute Gasteiger partial charge is 0.323 e. The maximum atomic E-state index is 13.3. The number of halogens is 5. The Balaban J connectivity index is 3.43. The van der Waals surface area contributed by atoms with E-state index in [1.165, 1.54) is 6.92 Å². The first-order chi connectivity index (χ1) is 8.31. The topological polar surface area (TPSA) is 40.5 Å². The van der Waals surface area contributed by atoms with Gasteiger partial charge in [-0.15, -0.1) is 0 Å². The average Bonchev–Trinajstić information content (AvgIpc) is 2.32. The second-order valence-corrected chi connectivity index (χ2v) is 3.33. The molecule has 0 aromatic heterocycles. The van der Waals surface area contributed by atoms with Gasteiger partial charge in [-0.1, -0.05) is 0 Å². The van der Waals surface area contributed by atoms with E-state index in [-0.39, 0.29) is 6.54 Å². The molecule has 1 N–H and O–H groups in total. The van der Waals surface area contributed by atoms with E-state index in [0.717, 1.165) is 0 Å². The fraction of sp³-hybridized carbons (Fsp3) is 0.300. The van der Waals surface area contributed by atoms with Crippen LogP contribution in [-0.4, -0.2) is 24.2 Å². The van der Waals surface area contributed by atoms with E-state index in [9.17, 15) is 26.7 Å². The van der Waals surface area contributed by atoms with E-state index >= 15 is 0 Å². The molecule has 18 heavy (non-hydrogen) atoms. The minimum Gasteiger partial charge on any atom is -0.480 e. The molecule has 1 rings (SSSR count). The van der Waals surface area contributed by atoms with Crippen molar-refractivity contribution in [3.05, 3.63) is 29.1 Å². The van der Waals surface area contributed by atoms with Crippen LogP contribution >= 0.6 is 0 Å². The maximum absolute atomic E-state index is 13.3. The van der Waals surface area contributed by atoms with Gasteiger partial charge in [0, 0.05) is 6.54 Å². The Morgan fingerprint density at radius 3 is 1.72 bits per heavy atom. The highest BCUT2D eigenvalue weighted by molar-refractivity contribution is 5.74. The van der Waals surface area contributed by atoms with Crippen LogP contribution in [0.2, 0.25) is 0 Å². The van der Waals surface area contributed by atoms with Gasteiger partial charge >= 0.3 is 5.97 Å². The lowest BCUT2D eigenvalue weighted by atomic mass is 10.2. The SMILES string of the molecule is CCN(CC(=O)O)c1c(F)c(F)c(F)c(F)c1F. The zero-order chi connectivity index (χ0) is 14.0. The van der Waals surface area contributed by atoms with Crippen LogP contribution in [-0.2, 0) is 4.79 Å². The van der Waals surface area contributed by atoms with E-state index in [4.69, 9.17) is 5.11 Å². The summed E-state index contributed by atoms with van der Waals surface area (Å²) in [7, 11) is 0. The zero-order valence-corrected chi connectivity index (χ0v) is 9.11. The summed E-state index contributed by atoms with van der Waals surface area (Å²) in [6, 6.07) is 0. The molecule has 0 saturated heterocycles. The highest BCUT2D eigenvalue weighted by atomic mass is 19.2. The first kappa shape index (κ1) is 14.2. The highest BCUT2D eigenvalue weighted by Crippen LogP contribution is 2.29. The summed E-state index contributed by atoms with van der Waals surface area (Å²) < 4.78 is 65.2. The van der Waals surface area contributed by atoms with Gasteiger partial charge in [-0.3, -0.25) is 4.79 Å². The van der Waals surface area contributed by atoms with Gasteiger partial charge in [0.25, 0.3) is 0 Å². The fourth-order valence-corrected chi connectivity index (χ4v) is 1.38. The number of benzene rings is 1. The standard InChI is InChI=1S/C10H8F5NO2/c1-2-16(3-4(17)18)10-8(14)6(12)5(11)7(13)9(10)15/h2-3H2,1H3,(H,17,18). The Labute approximate surface area is 98.4 Å². The predicted molar refractivity (Wildman–Crippen MR) is 51.8 cm³/mol. The van der Waals surface area contributed by atoms with Crippen LogP contribution in [0.5, 0.6) is 0 Å². The van der Waals surface area contributed by atoms with Crippen molar-refractivity contribution in [1.82, 2.24) is 0 Å². The zero-order valence-electron chi connectivity index (χ0n) is 9.11. The predicted octanol–water partition coefficient (Wildman–Crippen LogP) is 2.29. The van der Waals surface area contributed by atoms with Crippen molar-refractivity contribution in [2.24, 2.45) is 0 Å². The van der Waals surface area contributed by atoms with Crippen LogP contribution in [0.4, 0.5) is 27.6 Å². The Kier molecular flexibility index (Phi) is 4.10. The van der Waals surface area contributed by atoms with Gasteiger partial charge in [0.2, 0.25) is 5.82 Å². The Morgan fingerprint density at radius 2 is 1.39 bits per heavy atom. The third-order valence-electron chi connectivity index (χ3n) is 2.21. The van der Waals surface area contributed by atoms with Crippen LogP contribution in [0.15, 0.2) is 0 Å². The molecular formula is C10H8F5NO2. The summed E-state index contributed by atoms with van der Waals surface area (Å²) in [4.78, 5) is 11.0. The number of carboxylic acids is 1. The minimum atomic E-state index is -2.28.